The Kier molecular flexibility index (Phi) is 6.78. The minimum Gasteiger partial charge on any atom is -0.393 e. The summed E-state index contributed by atoms with van der Waals surface area (Å²) in [5.74, 6) is -0.197. The lowest BCUT2D eigenvalue weighted by Crippen LogP contribution is -2.54. The van der Waals surface area contributed by atoms with E-state index in [1.54, 1.807) is 18.3 Å². The molecule has 0 amide bonds. The molecule has 0 bridgehead atoms. The fourth-order valence-electron chi connectivity index (χ4n) is 4.01. The van der Waals surface area contributed by atoms with E-state index in [0.717, 1.165) is 11.1 Å². The zero-order chi connectivity index (χ0) is 21.7. The zero-order valence-corrected chi connectivity index (χ0v) is 17.7. The topological polar surface area (TPSA) is 68.7 Å². The Labute approximate surface area is 186 Å². The highest BCUT2D eigenvalue weighted by atomic mass is 35.5. The molecule has 6 heteroatoms. The molecule has 1 saturated carbocycles. The lowest BCUT2D eigenvalue weighted by Gasteiger charge is -2.44. The second-order valence-corrected chi connectivity index (χ2v) is 8.13. The van der Waals surface area contributed by atoms with Gasteiger partial charge < -0.3 is 14.6 Å². The molecule has 1 aliphatic rings. The molecule has 2 aromatic carbocycles. The third kappa shape index (κ3) is 5.02. The Morgan fingerprint density at radius 3 is 2.23 bits per heavy atom. The number of hydrogen-bond acceptors (Lipinski definition) is 5. The van der Waals surface area contributed by atoms with Crippen LogP contribution in [0.2, 0.25) is 5.15 Å². The maximum atomic E-state index is 13.1. The van der Waals surface area contributed by atoms with Gasteiger partial charge in [-0.3, -0.25) is 4.79 Å². The van der Waals surface area contributed by atoms with Crippen molar-refractivity contribution in [2.75, 3.05) is 0 Å². The molecule has 5 nitrogen and oxygen atoms in total. The van der Waals surface area contributed by atoms with Gasteiger partial charge in [-0.1, -0.05) is 78.3 Å². The van der Waals surface area contributed by atoms with Crippen molar-refractivity contribution in [1.82, 2.24) is 4.98 Å². The van der Waals surface area contributed by atoms with Crippen molar-refractivity contribution in [3.8, 4) is 0 Å². The van der Waals surface area contributed by atoms with Crippen LogP contribution in [0.15, 0.2) is 79.0 Å². The van der Waals surface area contributed by atoms with Crippen LogP contribution in [0.4, 0.5) is 0 Å². The summed E-state index contributed by atoms with van der Waals surface area (Å²) in [4.78, 5) is 17.3. The van der Waals surface area contributed by atoms with Crippen molar-refractivity contribution < 1.29 is 19.4 Å². The standard InChI is InChI=1S/C25H24ClNO4/c26-23-12-11-20(15-27-23)25(31-17-19-9-5-2-6-10-19)14-21(28)13-22(29)24(25)30-16-18-7-3-1-4-8-18/h1-12,15,21,24,28H,13-14,16-17H2/t21-,24+,25+/m0/s1. The van der Waals surface area contributed by atoms with Gasteiger partial charge >= 0.3 is 0 Å². The van der Waals surface area contributed by atoms with E-state index in [2.05, 4.69) is 4.98 Å². The minimum atomic E-state index is -1.18. The molecule has 1 fully saturated rings. The summed E-state index contributed by atoms with van der Waals surface area (Å²) in [5, 5.41) is 10.9. The molecule has 0 aliphatic heterocycles. The monoisotopic (exact) mass is 437 g/mol. The molecule has 1 N–H and O–H groups in total. The lowest BCUT2D eigenvalue weighted by molar-refractivity contribution is -0.199. The van der Waals surface area contributed by atoms with Gasteiger partial charge in [0.2, 0.25) is 0 Å². The quantitative estimate of drug-likeness (QED) is 0.553. The van der Waals surface area contributed by atoms with E-state index in [1.807, 2.05) is 60.7 Å². The van der Waals surface area contributed by atoms with Crippen molar-refractivity contribution in [2.24, 2.45) is 0 Å². The van der Waals surface area contributed by atoms with Crippen LogP contribution in [-0.2, 0) is 33.1 Å². The SMILES string of the molecule is O=C1C[C@H](O)C[C@@](OCc2ccccc2)(c2ccc(Cl)nc2)[C@@H]1OCc1ccccc1. The molecule has 3 atom stereocenters. The summed E-state index contributed by atoms with van der Waals surface area (Å²) >= 11 is 6.00. The number of carbonyl (C=O) groups excluding carboxylic acids is 1. The molecule has 1 aliphatic carbocycles. The van der Waals surface area contributed by atoms with Gasteiger partial charge in [0.1, 0.15) is 16.9 Å². The first-order valence-corrected chi connectivity index (χ1v) is 10.6. The molecular formula is C25H24ClNO4. The van der Waals surface area contributed by atoms with E-state index in [9.17, 15) is 9.90 Å². The number of pyridine rings is 1. The Bertz CT molecular complexity index is 997. The summed E-state index contributed by atoms with van der Waals surface area (Å²) in [6, 6.07) is 22.8. The van der Waals surface area contributed by atoms with Gasteiger partial charge in [-0.15, -0.1) is 0 Å². The van der Waals surface area contributed by atoms with E-state index in [4.69, 9.17) is 21.1 Å². The van der Waals surface area contributed by atoms with Gasteiger partial charge in [-0.25, -0.2) is 4.98 Å². The highest BCUT2D eigenvalue weighted by Gasteiger charge is 2.52. The summed E-state index contributed by atoms with van der Waals surface area (Å²) in [6.07, 6.45) is 0.112. The van der Waals surface area contributed by atoms with Crippen LogP contribution in [0.25, 0.3) is 0 Å². The first kappa shape index (κ1) is 21.7. The summed E-state index contributed by atoms with van der Waals surface area (Å²) in [6.45, 7) is 0.513. The molecule has 0 unspecified atom stereocenters. The number of rotatable bonds is 7. The summed E-state index contributed by atoms with van der Waals surface area (Å²) in [7, 11) is 0. The van der Waals surface area contributed by atoms with Crippen LogP contribution in [0.3, 0.4) is 0 Å². The van der Waals surface area contributed by atoms with Crippen LogP contribution in [-0.4, -0.2) is 28.1 Å². The van der Waals surface area contributed by atoms with E-state index in [-0.39, 0.29) is 31.8 Å². The number of Topliss-reactive ketones (excluding diaryl/α,β-unsaturated/α-hetero) is 1. The molecule has 3 aromatic rings. The van der Waals surface area contributed by atoms with Gasteiger partial charge in [-0.05, 0) is 17.2 Å². The van der Waals surface area contributed by atoms with Crippen molar-refractivity contribution in [2.45, 2.75) is 43.9 Å². The molecule has 0 spiro atoms. The van der Waals surface area contributed by atoms with Gasteiger partial charge in [0, 0.05) is 24.6 Å². The molecular weight excluding hydrogens is 414 g/mol. The highest BCUT2D eigenvalue weighted by Crippen LogP contribution is 2.42. The molecule has 0 radical (unpaired) electrons. The van der Waals surface area contributed by atoms with Gasteiger partial charge in [0.25, 0.3) is 0 Å². The Balaban J connectivity index is 1.69. The average molecular weight is 438 g/mol. The molecule has 1 heterocycles. The molecule has 160 valence electrons. The van der Waals surface area contributed by atoms with Crippen LogP contribution in [0, 0.1) is 0 Å². The van der Waals surface area contributed by atoms with Crippen LogP contribution < -0.4 is 0 Å². The predicted octanol–water partition coefficient (Wildman–Crippen LogP) is 4.46. The van der Waals surface area contributed by atoms with E-state index >= 15 is 0 Å². The summed E-state index contributed by atoms with van der Waals surface area (Å²) < 4.78 is 12.6. The Morgan fingerprint density at radius 1 is 0.968 bits per heavy atom. The van der Waals surface area contributed by atoms with E-state index < -0.39 is 17.8 Å². The minimum absolute atomic E-state index is 0.0247. The number of aliphatic hydroxyl groups is 1. The first-order chi connectivity index (χ1) is 15.1. The maximum Gasteiger partial charge on any atom is 0.167 e. The molecule has 31 heavy (non-hydrogen) atoms. The first-order valence-electron chi connectivity index (χ1n) is 10.2. The van der Waals surface area contributed by atoms with Gasteiger partial charge in [0.05, 0.1) is 19.3 Å². The lowest BCUT2D eigenvalue weighted by atomic mass is 9.75. The number of benzene rings is 2. The average Bonchev–Trinajstić information content (AvgIpc) is 2.79. The zero-order valence-electron chi connectivity index (χ0n) is 17.0. The normalized spacial score (nSPS) is 23.6. The number of ether oxygens (including phenoxy) is 2. The number of carbonyl (C=O) groups is 1. The largest absolute Gasteiger partial charge is 0.393 e. The van der Waals surface area contributed by atoms with Crippen molar-refractivity contribution in [3.63, 3.8) is 0 Å². The fourth-order valence-corrected chi connectivity index (χ4v) is 4.12. The maximum absolute atomic E-state index is 13.1. The summed E-state index contributed by atoms with van der Waals surface area (Å²) in [5.41, 5.74) is 1.38. The number of nitrogens with zero attached hydrogens (tertiary/aromatic N) is 1. The third-order valence-electron chi connectivity index (χ3n) is 5.51. The van der Waals surface area contributed by atoms with Crippen molar-refractivity contribution >= 4 is 17.4 Å². The van der Waals surface area contributed by atoms with E-state index in [1.165, 1.54) is 0 Å². The third-order valence-corrected chi connectivity index (χ3v) is 5.73. The second-order valence-electron chi connectivity index (χ2n) is 7.74. The van der Waals surface area contributed by atoms with E-state index in [0.29, 0.717) is 10.7 Å². The van der Waals surface area contributed by atoms with Gasteiger partial charge in [-0.2, -0.15) is 0 Å². The number of hydrogen-bond donors (Lipinski definition) is 1. The molecule has 4 rings (SSSR count). The van der Waals surface area contributed by atoms with Crippen LogP contribution in [0.1, 0.15) is 29.5 Å². The Morgan fingerprint density at radius 2 is 1.61 bits per heavy atom. The molecule has 0 saturated heterocycles. The smallest absolute Gasteiger partial charge is 0.167 e. The number of ketones is 1. The number of halogens is 1. The predicted molar refractivity (Wildman–Crippen MR) is 117 cm³/mol. The van der Waals surface area contributed by atoms with Crippen molar-refractivity contribution in [1.29, 1.82) is 0 Å². The fraction of sp³-hybridized carbons (Fsp3) is 0.280. The number of aromatic nitrogens is 1. The van der Waals surface area contributed by atoms with Crippen LogP contribution in [0.5, 0.6) is 0 Å². The molecule has 1 aromatic heterocycles. The van der Waals surface area contributed by atoms with Crippen molar-refractivity contribution in [3.05, 3.63) is 101 Å². The Hall–Kier alpha value is -2.57. The van der Waals surface area contributed by atoms with Crippen LogP contribution >= 0.6 is 11.6 Å². The second kappa shape index (κ2) is 9.71. The van der Waals surface area contributed by atoms with Gasteiger partial charge in [0.15, 0.2) is 5.78 Å². The number of aliphatic hydroxyl groups excluding tert-OH is 1. The highest BCUT2D eigenvalue weighted by molar-refractivity contribution is 6.29.